The monoisotopic (exact) mass is 663 g/mol. The molecule has 1 N–H and O–H groups in total. The Bertz CT molecular complexity index is 1260. The van der Waals surface area contributed by atoms with Gasteiger partial charge in [-0.3, -0.25) is 19.4 Å². The molecular weight excluding hydrogens is 610 g/mol. The number of carbonyl (C=O) groups excluding carboxylic acids is 4. The van der Waals surface area contributed by atoms with Gasteiger partial charge >= 0.3 is 18.2 Å². The van der Waals surface area contributed by atoms with Gasteiger partial charge in [-0.1, -0.05) is 0 Å². The van der Waals surface area contributed by atoms with Gasteiger partial charge in [-0.15, -0.1) is 0 Å². The number of aromatic amines is 1. The molecule has 0 aliphatic carbocycles. The lowest BCUT2D eigenvalue weighted by Crippen LogP contribution is -2.43. The van der Waals surface area contributed by atoms with Crippen LogP contribution in [0.5, 0.6) is 0 Å². The Hall–Kier alpha value is -3.68. The van der Waals surface area contributed by atoms with E-state index < -0.39 is 17.2 Å². The standard InChI is InChI=1S/C18H28N4O4.C15H25NO5/c1-18(2,3)26-17(24)22-6-4-13(5-7-22)14-12-15(23)20-16(19-14)21-8-10-25-11-9-21;1-5-20-13(18)10-12(17)11-6-8-16(9-7-11)14(19)21-15(2,3)4/h12-13H,4-11H2,1-3H3,(H,19,20,23);11H,5-10H2,1-4H3. The maximum Gasteiger partial charge on any atom is 0.410 e. The van der Waals surface area contributed by atoms with Crippen LogP contribution in [0.1, 0.15) is 92.2 Å². The van der Waals surface area contributed by atoms with Crippen LogP contribution in [0, 0.1) is 5.92 Å². The van der Waals surface area contributed by atoms with E-state index in [1.807, 2.05) is 46.4 Å². The van der Waals surface area contributed by atoms with Crippen molar-refractivity contribution in [3.63, 3.8) is 0 Å². The van der Waals surface area contributed by atoms with Crippen molar-refractivity contribution in [1.82, 2.24) is 19.8 Å². The average molecular weight is 664 g/mol. The highest BCUT2D eigenvalue weighted by Crippen LogP contribution is 2.28. The molecule has 0 bridgehead atoms. The van der Waals surface area contributed by atoms with Crippen LogP contribution in [-0.4, -0.2) is 114 Å². The smallest absolute Gasteiger partial charge is 0.410 e. The summed E-state index contributed by atoms with van der Waals surface area (Å²) in [6, 6.07) is 1.58. The van der Waals surface area contributed by atoms with E-state index in [2.05, 4.69) is 4.98 Å². The molecule has 47 heavy (non-hydrogen) atoms. The Balaban J connectivity index is 0.000000262. The highest BCUT2D eigenvalue weighted by atomic mass is 16.6. The lowest BCUT2D eigenvalue weighted by molar-refractivity contribution is -0.146. The molecule has 264 valence electrons. The Morgan fingerprint density at radius 3 is 1.85 bits per heavy atom. The van der Waals surface area contributed by atoms with Gasteiger partial charge in [0.15, 0.2) is 0 Å². The predicted octanol–water partition coefficient (Wildman–Crippen LogP) is 3.88. The van der Waals surface area contributed by atoms with E-state index >= 15 is 0 Å². The number of morpholine rings is 1. The Labute approximate surface area is 277 Å². The van der Waals surface area contributed by atoms with Crippen LogP contribution < -0.4 is 10.5 Å². The molecule has 3 aliphatic rings. The van der Waals surface area contributed by atoms with E-state index in [9.17, 15) is 24.0 Å². The number of nitrogens with zero attached hydrogens (tertiary/aromatic N) is 4. The van der Waals surface area contributed by atoms with Crippen molar-refractivity contribution >= 4 is 29.9 Å². The number of hydrogen-bond donors (Lipinski definition) is 1. The maximum absolute atomic E-state index is 12.2. The molecular formula is C33H53N5O9. The third kappa shape index (κ3) is 12.8. The van der Waals surface area contributed by atoms with Crippen molar-refractivity contribution in [2.75, 3.05) is 64.0 Å². The minimum absolute atomic E-state index is 0.0997. The van der Waals surface area contributed by atoms with Crippen molar-refractivity contribution in [2.24, 2.45) is 5.92 Å². The van der Waals surface area contributed by atoms with E-state index in [4.69, 9.17) is 23.9 Å². The number of amides is 2. The lowest BCUT2D eigenvalue weighted by atomic mass is 9.91. The van der Waals surface area contributed by atoms with Crippen LogP contribution in [0.2, 0.25) is 0 Å². The van der Waals surface area contributed by atoms with Gasteiger partial charge in [0.1, 0.15) is 23.4 Å². The third-order valence-corrected chi connectivity index (χ3v) is 7.85. The fourth-order valence-corrected chi connectivity index (χ4v) is 5.49. The summed E-state index contributed by atoms with van der Waals surface area (Å²) in [5.41, 5.74) is -0.340. The number of rotatable bonds is 6. The number of piperidine rings is 2. The van der Waals surface area contributed by atoms with E-state index in [1.165, 1.54) is 0 Å². The Kier molecular flexibility index (Phi) is 13.6. The van der Waals surface area contributed by atoms with E-state index in [0.29, 0.717) is 58.2 Å². The number of likely N-dealkylation sites (tertiary alicyclic amines) is 2. The molecule has 1 aromatic rings. The molecule has 1 aromatic heterocycles. The van der Waals surface area contributed by atoms with Gasteiger partial charge in [-0.05, 0) is 74.1 Å². The first-order valence-electron chi connectivity index (χ1n) is 16.6. The van der Waals surface area contributed by atoms with E-state index in [-0.39, 0.29) is 48.4 Å². The van der Waals surface area contributed by atoms with Gasteiger partial charge in [0, 0.05) is 57.2 Å². The first-order valence-corrected chi connectivity index (χ1v) is 16.6. The number of esters is 1. The van der Waals surface area contributed by atoms with Gasteiger partial charge in [-0.25, -0.2) is 14.6 Å². The summed E-state index contributed by atoms with van der Waals surface area (Å²) in [6.07, 6.45) is 1.89. The van der Waals surface area contributed by atoms with Crippen LogP contribution in [0.25, 0.3) is 0 Å². The summed E-state index contributed by atoms with van der Waals surface area (Å²) in [5, 5.41) is 0. The Morgan fingerprint density at radius 1 is 0.851 bits per heavy atom. The number of carbonyl (C=O) groups is 4. The number of Topliss-reactive ketones (excluding diaryl/α,β-unsaturated/α-hetero) is 1. The molecule has 4 heterocycles. The first kappa shape index (κ1) is 37.8. The molecule has 14 heteroatoms. The minimum Gasteiger partial charge on any atom is -0.466 e. The number of aromatic nitrogens is 2. The van der Waals surface area contributed by atoms with Crippen LogP contribution in [0.15, 0.2) is 10.9 Å². The maximum atomic E-state index is 12.2. The molecule has 0 unspecified atom stereocenters. The summed E-state index contributed by atoms with van der Waals surface area (Å²) in [7, 11) is 0. The van der Waals surface area contributed by atoms with Crippen molar-refractivity contribution in [3.8, 4) is 0 Å². The fourth-order valence-electron chi connectivity index (χ4n) is 5.49. The molecule has 0 aromatic carbocycles. The summed E-state index contributed by atoms with van der Waals surface area (Å²) in [5.74, 6) is 0.0450. The topological polar surface area (TPSA) is 161 Å². The van der Waals surface area contributed by atoms with Gasteiger partial charge in [0.25, 0.3) is 5.56 Å². The van der Waals surface area contributed by atoms with Gasteiger partial charge in [0.2, 0.25) is 5.95 Å². The molecule has 0 radical (unpaired) electrons. The molecule has 0 atom stereocenters. The largest absolute Gasteiger partial charge is 0.466 e. The van der Waals surface area contributed by atoms with Gasteiger partial charge < -0.3 is 33.6 Å². The number of nitrogens with one attached hydrogen (secondary N) is 1. The molecule has 0 spiro atoms. The fraction of sp³-hybridized carbons (Fsp3) is 0.758. The SMILES string of the molecule is CC(C)(C)OC(=O)N1CCC(c2cc(=O)[nH]c(N3CCOCC3)n2)CC1.CCOC(=O)CC(=O)C1CCN(C(=O)OC(C)(C)C)CC1. The zero-order chi connectivity index (χ0) is 34.8. The third-order valence-electron chi connectivity index (χ3n) is 7.85. The first-order chi connectivity index (χ1) is 22.0. The highest BCUT2D eigenvalue weighted by molar-refractivity contribution is 5.96. The van der Waals surface area contributed by atoms with Crippen molar-refractivity contribution in [3.05, 3.63) is 22.1 Å². The van der Waals surface area contributed by atoms with Crippen LogP contribution >= 0.6 is 0 Å². The van der Waals surface area contributed by atoms with Crippen molar-refractivity contribution in [1.29, 1.82) is 0 Å². The minimum atomic E-state index is -0.520. The second-order valence-electron chi connectivity index (χ2n) is 14.0. The molecule has 0 saturated carbocycles. The highest BCUT2D eigenvalue weighted by Gasteiger charge is 2.31. The summed E-state index contributed by atoms with van der Waals surface area (Å²) < 4.78 is 20.9. The molecule has 14 nitrogen and oxygen atoms in total. The van der Waals surface area contributed by atoms with E-state index in [1.54, 1.807) is 22.8 Å². The van der Waals surface area contributed by atoms with Crippen LogP contribution in [0.4, 0.5) is 15.5 Å². The number of ketones is 1. The molecule has 3 fully saturated rings. The summed E-state index contributed by atoms with van der Waals surface area (Å²) in [4.78, 5) is 72.3. The van der Waals surface area contributed by atoms with Crippen LogP contribution in [0.3, 0.4) is 0 Å². The molecule has 4 rings (SSSR count). The molecule has 3 aliphatic heterocycles. The van der Waals surface area contributed by atoms with Crippen molar-refractivity contribution in [2.45, 2.75) is 97.7 Å². The second kappa shape index (κ2) is 16.9. The normalized spacial score (nSPS) is 18.1. The number of hydrogen-bond acceptors (Lipinski definition) is 11. The summed E-state index contributed by atoms with van der Waals surface area (Å²) in [6.45, 7) is 18.0. The lowest BCUT2D eigenvalue weighted by Gasteiger charge is -2.33. The second-order valence-corrected chi connectivity index (χ2v) is 14.0. The zero-order valence-corrected chi connectivity index (χ0v) is 29.1. The zero-order valence-electron chi connectivity index (χ0n) is 29.1. The van der Waals surface area contributed by atoms with E-state index in [0.717, 1.165) is 31.6 Å². The van der Waals surface area contributed by atoms with Crippen LogP contribution in [-0.2, 0) is 28.5 Å². The van der Waals surface area contributed by atoms with Crippen molar-refractivity contribution < 1.29 is 38.1 Å². The van der Waals surface area contributed by atoms with Gasteiger partial charge in [-0.2, -0.15) is 0 Å². The predicted molar refractivity (Wildman–Crippen MR) is 174 cm³/mol. The summed E-state index contributed by atoms with van der Waals surface area (Å²) >= 11 is 0. The number of H-pyrrole nitrogens is 1. The Morgan fingerprint density at radius 2 is 1.36 bits per heavy atom. The quantitative estimate of drug-likeness (QED) is 0.267. The van der Waals surface area contributed by atoms with Gasteiger partial charge in [0.05, 0.1) is 25.5 Å². The average Bonchev–Trinajstić information content (AvgIpc) is 3.00. The molecule has 3 saturated heterocycles. The molecule has 2 amide bonds. The number of anilines is 1. The number of ether oxygens (including phenoxy) is 4.